The lowest BCUT2D eigenvalue weighted by molar-refractivity contribution is -0.133. The van der Waals surface area contributed by atoms with Gasteiger partial charge in [0.05, 0.1) is 24.3 Å². The molecule has 2 fully saturated rings. The fraction of sp³-hybridized carbons (Fsp3) is 0.600. The average molecular weight is 341 g/mol. The summed E-state index contributed by atoms with van der Waals surface area (Å²) in [5, 5.41) is 8.83. The van der Waals surface area contributed by atoms with Crippen LogP contribution in [-0.2, 0) is 16.0 Å². The number of aryl methyl sites for hydroxylation is 1. The molecule has 0 saturated carbocycles. The second-order valence-corrected chi connectivity index (χ2v) is 7.10. The molecule has 5 nitrogen and oxygen atoms in total. The lowest BCUT2D eigenvalue weighted by Crippen LogP contribution is -2.51. The Morgan fingerprint density at radius 2 is 1.96 bits per heavy atom. The quantitative estimate of drug-likeness (QED) is 0.842. The lowest BCUT2D eigenvalue weighted by Gasteiger charge is -2.41. The van der Waals surface area contributed by atoms with Gasteiger partial charge in [0, 0.05) is 38.6 Å². The number of nitrogens with zero attached hydrogens (tertiary/aromatic N) is 3. The Labute approximate surface area is 150 Å². The summed E-state index contributed by atoms with van der Waals surface area (Å²) < 4.78 is 5.62. The maximum absolute atomic E-state index is 12.5. The molecule has 0 radical (unpaired) electrons. The minimum atomic E-state index is 0.248. The van der Waals surface area contributed by atoms with E-state index in [-0.39, 0.29) is 5.91 Å². The molecule has 0 aromatic heterocycles. The number of morpholine rings is 1. The molecule has 134 valence electrons. The summed E-state index contributed by atoms with van der Waals surface area (Å²) in [5.74, 6) is 0.248. The van der Waals surface area contributed by atoms with Gasteiger partial charge in [0.2, 0.25) is 5.91 Å². The summed E-state index contributed by atoms with van der Waals surface area (Å²) in [7, 11) is 0. The van der Waals surface area contributed by atoms with Gasteiger partial charge in [0.15, 0.2) is 0 Å². The second-order valence-electron chi connectivity index (χ2n) is 7.10. The van der Waals surface area contributed by atoms with Gasteiger partial charge < -0.3 is 9.64 Å². The van der Waals surface area contributed by atoms with Crippen molar-refractivity contribution in [3.8, 4) is 6.07 Å². The Kier molecular flexibility index (Phi) is 6.06. The molecule has 1 atom stereocenters. The fourth-order valence-corrected chi connectivity index (χ4v) is 3.81. The number of carbonyl (C=O) groups is 1. The normalized spacial score (nSPS) is 22.6. The van der Waals surface area contributed by atoms with Crippen molar-refractivity contribution in [3.05, 3.63) is 35.4 Å². The number of carbonyl (C=O) groups excluding carboxylic acids is 1. The van der Waals surface area contributed by atoms with E-state index in [1.807, 2.05) is 29.2 Å². The van der Waals surface area contributed by atoms with Crippen LogP contribution in [0.5, 0.6) is 0 Å². The van der Waals surface area contributed by atoms with Crippen molar-refractivity contribution in [1.29, 1.82) is 5.26 Å². The Morgan fingerprint density at radius 3 is 2.60 bits per heavy atom. The Morgan fingerprint density at radius 1 is 1.24 bits per heavy atom. The largest absolute Gasteiger partial charge is 0.376 e. The van der Waals surface area contributed by atoms with Gasteiger partial charge in [-0.15, -0.1) is 0 Å². The molecule has 2 heterocycles. The molecule has 2 aliphatic heterocycles. The van der Waals surface area contributed by atoms with E-state index < -0.39 is 0 Å². The molecular weight excluding hydrogens is 314 g/mol. The molecule has 2 saturated heterocycles. The van der Waals surface area contributed by atoms with Crippen LogP contribution in [0, 0.1) is 11.3 Å². The summed E-state index contributed by atoms with van der Waals surface area (Å²) >= 11 is 0. The molecule has 0 bridgehead atoms. The third-order valence-electron chi connectivity index (χ3n) is 5.32. The Balaban J connectivity index is 1.42. The number of hydrogen-bond donors (Lipinski definition) is 0. The highest BCUT2D eigenvalue weighted by atomic mass is 16.5. The van der Waals surface area contributed by atoms with Crippen LogP contribution >= 0.6 is 0 Å². The van der Waals surface area contributed by atoms with Gasteiger partial charge in [0.25, 0.3) is 0 Å². The topological polar surface area (TPSA) is 56.6 Å². The summed E-state index contributed by atoms with van der Waals surface area (Å²) in [6, 6.07) is 10.2. The first-order valence-electron chi connectivity index (χ1n) is 9.28. The number of benzene rings is 1. The van der Waals surface area contributed by atoms with Gasteiger partial charge in [-0.1, -0.05) is 12.1 Å². The van der Waals surface area contributed by atoms with Gasteiger partial charge in [-0.25, -0.2) is 0 Å². The Hall–Kier alpha value is -1.90. The molecule has 3 rings (SSSR count). The molecule has 0 aliphatic carbocycles. The lowest BCUT2D eigenvalue weighted by atomic mass is 10.0. The molecule has 1 amide bonds. The highest BCUT2D eigenvalue weighted by Crippen LogP contribution is 2.20. The van der Waals surface area contributed by atoms with Crippen LogP contribution in [0.4, 0.5) is 0 Å². The fourth-order valence-electron chi connectivity index (χ4n) is 3.81. The van der Waals surface area contributed by atoms with Crippen LogP contribution in [0.1, 0.15) is 37.3 Å². The minimum Gasteiger partial charge on any atom is -0.376 e. The molecule has 1 aromatic rings. The maximum atomic E-state index is 12.5. The van der Waals surface area contributed by atoms with E-state index in [0.717, 1.165) is 57.6 Å². The smallest absolute Gasteiger partial charge is 0.222 e. The van der Waals surface area contributed by atoms with E-state index in [9.17, 15) is 4.79 Å². The molecule has 2 aliphatic rings. The third-order valence-corrected chi connectivity index (χ3v) is 5.32. The predicted octanol–water partition coefficient (Wildman–Crippen LogP) is 2.20. The first-order chi connectivity index (χ1) is 12.2. The van der Waals surface area contributed by atoms with E-state index >= 15 is 0 Å². The number of hydrogen-bond acceptors (Lipinski definition) is 4. The number of piperidine rings is 1. The van der Waals surface area contributed by atoms with Gasteiger partial charge in [-0.2, -0.15) is 5.26 Å². The third kappa shape index (κ3) is 4.81. The molecule has 0 spiro atoms. The minimum absolute atomic E-state index is 0.248. The van der Waals surface area contributed by atoms with Gasteiger partial charge in [-0.05, 0) is 43.9 Å². The van der Waals surface area contributed by atoms with Crippen molar-refractivity contribution in [1.82, 2.24) is 9.80 Å². The highest BCUT2D eigenvalue weighted by molar-refractivity contribution is 5.76. The van der Waals surface area contributed by atoms with Crippen LogP contribution in [0.2, 0.25) is 0 Å². The van der Waals surface area contributed by atoms with E-state index in [4.69, 9.17) is 10.00 Å². The molecular formula is C20H27N3O2. The van der Waals surface area contributed by atoms with Crippen molar-refractivity contribution in [2.75, 3.05) is 32.8 Å². The zero-order valence-electron chi connectivity index (χ0n) is 15.0. The summed E-state index contributed by atoms with van der Waals surface area (Å²) in [6.45, 7) is 6.71. The summed E-state index contributed by atoms with van der Waals surface area (Å²) in [5.41, 5.74) is 1.78. The second kappa shape index (κ2) is 8.46. The van der Waals surface area contributed by atoms with Crippen molar-refractivity contribution in [2.45, 2.75) is 44.8 Å². The number of amides is 1. The molecule has 5 heteroatoms. The molecule has 25 heavy (non-hydrogen) atoms. The summed E-state index contributed by atoms with van der Waals surface area (Å²) in [6.07, 6.45) is 3.74. The predicted molar refractivity (Wildman–Crippen MR) is 96.1 cm³/mol. The molecule has 0 unspecified atom stereocenters. The van der Waals surface area contributed by atoms with Gasteiger partial charge >= 0.3 is 0 Å². The van der Waals surface area contributed by atoms with Crippen molar-refractivity contribution in [3.63, 3.8) is 0 Å². The van der Waals surface area contributed by atoms with E-state index in [1.54, 1.807) is 0 Å². The van der Waals surface area contributed by atoms with E-state index in [0.29, 0.717) is 24.1 Å². The zero-order valence-corrected chi connectivity index (χ0v) is 15.0. The number of nitriles is 1. The monoisotopic (exact) mass is 341 g/mol. The standard InChI is InChI=1S/C20H27N3O2/c1-16-15-23(12-13-25-16)19-8-10-22(11-9-19)20(24)7-6-17-2-4-18(14-21)5-3-17/h2-5,16,19H,6-13,15H2,1H3/t16-/m1/s1. The van der Waals surface area contributed by atoms with E-state index in [1.165, 1.54) is 0 Å². The van der Waals surface area contributed by atoms with Crippen LogP contribution < -0.4 is 0 Å². The molecule has 0 N–H and O–H groups in total. The van der Waals surface area contributed by atoms with Crippen LogP contribution in [0.3, 0.4) is 0 Å². The summed E-state index contributed by atoms with van der Waals surface area (Å²) in [4.78, 5) is 17.0. The van der Waals surface area contributed by atoms with Gasteiger partial charge in [0.1, 0.15) is 0 Å². The van der Waals surface area contributed by atoms with Crippen molar-refractivity contribution >= 4 is 5.91 Å². The number of rotatable bonds is 4. The number of likely N-dealkylation sites (tertiary alicyclic amines) is 1. The zero-order chi connectivity index (χ0) is 17.6. The number of ether oxygens (including phenoxy) is 1. The van der Waals surface area contributed by atoms with Crippen LogP contribution in [0.25, 0.3) is 0 Å². The maximum Gasteiger partial charge on any atom is 0.222 e. The average Bonchev–Trinajstić information content (AvgIpc) is 2.66. The highest BCUT2D eigenvalue weighted by Gasteiger charge is 2.29. The van der Waals surface area contributed by atoms with Crippen LogP contribution in [-0.4, -0.2) is 60.6 Å². The Bertz CT molecular complexity index is 615. The SMILES string of the molecule is C[C@@H]1CN(C2CCN(C(=O)CCc3ccc(C#N)cc3)CC2)CCO1. The first kappa shape index (κ1) is 17.9. The van der Waals surface area contributed by atoms with Crippen LogP contribution in [0.15, 0.2) is 24.3 Å². The van der Waals surface area contributed by atoms with Crippen molar-refractivity contribution in [2.24, 2.45) is 0 Å². The van der Waals surface area contributed by atoms with Crippen molar-refractivity contribution < 1.29 is 9.53 Å². The van der Waals surface area contributed by atoms with Gasteiger partial charge in [-0.3, -0.25) is 9.69 Å². The molecule has 1 aromatic carbocycles. The van der Waals surface area contributed by atoms with E-state index in [2.05, 4.69) is 17.9 Å². The first-order valence-corrected chi connectivity index (χ1v) is 9.28.